The molecule has 2 heterocycles. The zero-order chi connectivity index (χ0) is 22.9. The summed E-state index contributed by atoms with van der Waals surface area (Å²) in [6, 6.07) is -0.980. The summed E-state index contributed by atoms with van der Waals surface area (Å²) < 4.78 is 13.6. The lowest BCUT2D eigenvalue weighted by Crippen LogP contribution is -2.61. The van der Waals surface area contributed by atoms with Crippen LogP contribution in [0.5, 0.6) is 0 Å². The van der Waals surface area contributed by atoms with Crippen LogP contribution in [0.2, 0.25) is 0 Å². The zero-order valence-corrected chi connectivity index (χ0v) is 18.0. The van der Waals surface area contributed by atoms with Crippen molar-refractivity contribution >= 4 is 35.2 Å². The van der Waals surface area contributed by atoms with Crippen LogP contribution in [0.4, 0.5) is 4.39 Å². The molecule has 1 aromatic heterocycles. The van der Waals surface area contributed by atoms with E-state index in [-0.39, 0.29) is 23.6 Å². The molecule has 0 aromatic carbocycles. The summed E-state index contributed by atoms with van der Waals surface area (Å²) in [5.74, 6) is -2.67. The first-order valence-electron chi connectivity index (χ1n) is 10.5. The van der Waals surface area contributed by atoms with Crippen LogP contribution in [-0.4, -0.2) is 63.4 Å². The van der Waals surface area contributed by atoms with Gasteiger partial charge in [0.25, 0.3) is 23.4 Å². The van der Waals surface area contributed by atoms with E-state index in [4.69, 9.17) is 11.6 Å². The average Bonchev–Trinajstić information content (AvgIpc) is 3.12. The Morgan fingerprint density at radius 2 is 2.06 bits per heavy atom. The number of carbonyl (C=O) groups is 4. The zero-order valence-electron chi connectivity index (χ0n) is 17.2. The van der Waals surface area contributed by atoms with Gasteiger partial charge in [-0.1, -0.05) is 11.6 Å². The minimum absolute atomic E-state index is 0.0163. The van der Waals surface area contributed by atoms with Crippen molar-refractivity contribution in [1.29, 1.82) is 0 Å². The fraction of sp³-hybridized carbons (Fsp3) is 0.600. The Morgan fingerprint density at radius 3 is 2.59 bits per heavy atom. The molecule has 2 bridgehead atoms. The van der Waals surface area contributed by atoms with E-state index in [2.05, 4.69) is 26.0 Å². The van der Waals surface area contributed by atoms with Crippen molar-refractivity contribution in [3.63, 3.8) is 0 Å². The van der Waals surface area contributed by atoms with Crippen LogP contribution in [0.15, 0.2) is 18.6 Å². The summed E-state index contributed by atoms with van der Waals surface area (Å²) in [4.78, 5) is 57.7. The highest BCUT2D eigenvalue weighted by atomic mass is 35.5. The van der Waals surface area contributed by atoms with Crippen molar-refractivity contribution in [3.05, 3.63) is 24.3 Å². The predicted octanol–water partition coefficient (Wildman–Crippen LogP) is 0.296. The molecule has 1 saturated heterocycles. The maximum Gasteiger partial charge on any atom is 0.291 e. The summed E-state index contributed by atoms with van der Waals surface area (Å²) in [7, 11) is 0. The molecule has 4 aliphatic rings. The van der Waals surface area contributed by atoms with Crippen molar-refractivity contribution in [3.8, 4) is 0 Å². The summed E-state index contributed by atoms with van der Waals surface area (Å²) in [5, 5.41) is 6.02. The Morgan fingerprint density at radius 1 is 1.31 bits per heavy atom. The molecule has 3 N–H and O–H groups in total. The second-order valence-electron chi connectivity index (χ2n) is 8.80. The Hall–Kier alpha value is -2.82. The number of hydrogen-bond acceptors (Lipinski definition) is 6. The van der Waals surface area contributed by atoms with Gasteiger partial charge in [0.2, 0.25) is 5.91 Å². The lowest BCUT2D eigenvalue weighted by Gasteiger charge is -2.63. The fourth-order valence-corrected chi connectivity index (χ4v) is 4.88. The highest BCUT2D eigenvalue weighted by Gasteiger charge is 2.57. The van der Waals surface area contributed by atoms with Gasteiger partial charge >= 0.3 is 0 Å². The van der Waals surface area contributed by atoms with E-state index >= 15 is 0 Å². The molecule has 4 amide bonds. The van der Waals surface area contributed by atoms with Gasteiger partial charge in [0.15, 0.2) is 0 Å². The van der Waals surface area contributed by atoms with Crippen molar-refractivity contribution in [2.45, 2.75) is 43.8 Å². The lowest BCUT2D eigenvalue weighted by atomic mass is 9.43. The number of halogens is 2. The van der Waals surface area contributed by atoms with E-state index < -0.39 is 35.3 Å². The predicted molar refractivity (Wildman–Crippen MR) is 109 cm³/mol. The van der Waals surface area contributed by atoms with E-state index in [9.17, 15) is 23.6 Å². The summed E-state index contributed by atoms with van der Waals surface area (Å²) in [6.07, 6.45) is 7.83. The van der Waals surface area contributed by atoms with Crippen LogP contribution in [0.3, 0.4) is 0 Å². The van der Waals surface area contributed by atoms with E-state index in [1.54, 1.807) is 0 Å². The lowest BCUT2D eigenvalue weighted by molar-refractivity contribution is -0.149. The fourth-order valence-electron chi connectivity index (χ4n) is 4.76. The van der Waals surface area contributed by atoms with Gasteiger partial charge in [-0.15, -0.1) is 0 Å². The smallest absolute Gasteiger partial charge is 0.291 e. The van der Waals surface area contributed by atoms with Crippen LogP contribution in [0, 0.1) is 17.3 Å². The number of carbonyl (C=O) groups excluding carboxylic acids is 4. The second-order valence-corrected chi connectivity index (χ2v) is 9.18. The molecule has 2 unspecified atom stereocenters. The van der Waals surface area contributed by atoms with Crippen LogP contribution in [0.1, 0.15) is 42.6 Å². The number of nitrogens with one attached hydrogen (secondary N) is 3. The van der Waals surface area contributed by atoms with E-state index in [0.29, 0.717) is 25.3 Å². The molecule has 5 rings (SSSR count). The third-order valence-electron chi connectivity index (χ3n) is 6.48. The van der Waals surface area contributed by atoms with Gasteiger partial charge in [-0.2, -0.15) is 0 Å². The first-order chi connectivity index (χ1) is 15.3. The molecule has 10 nitrogen and oxygen atoms in total. The van der Waals surface area contributed by atoms with E-state index in [0.717, 1.165) is 24.3 Å². The molecule has 3 saturated carbocycles. The molecule has 1 aromatic rings. The molecule has 1 aliphatic heterocycles. The van der Waals surface area contributed by atoms with Crippen molar-refractivity contribution < 1.29 is 23.6 Å². The van der Waals surface area contributed by atoms with Gasteiger partial charge in [0.1, 0.15) is 11.7 Å². The first-order valence-corrected chi connectivity index (χ1v) is 10.9. The van der Waals surface area contributed by atoms with E-state index in [1.807, 2.05) is 0 Å². The quantitative estimate of drug-likeness (QED) is 0.372. The number of nitrogens with zero attached hydrogens (tertiary/aromatic N) is 3. The Kier molecular flexibility index (Phi) is 6.27. The van der Waals surface area contributed by atoms with Crippen LogP contribution in [-0.2, 0) is 14.4 Å². The molecule has 172 valence electrons. The molecule has 0 radical (unpaired) electrons. The molecule has 3 atom stereocenters. The molecular formula is C20H24ClFN6O4. The Bertz CT molecular complexity index is 900. The average molecular weight is 467 g/mol. The maximum atomic E-state index is 13.6. The summed E-state index contributed by atoms with van der Waals surface area (Å²) in [6.45, 7) is 0.210. The normalized spacial score (nSPS) is 27.2. The van der Waals surface area contributed by atoms with Crippen LogP contribution < -0.4 is 16.1 Å². The number of hydrogen-bond donors (Lipinski definition) is 3. The van der Waals surface area contributed by atoms with Gasteiger partial charge in [-0.3, -0.25) is 29.6 Å². The monoisotopic (exact) mass is 466 g/mol. The minimum atomic E-state index is -2.38. The number of alkyl halides is 2. The highest BCUT2D eigenvalue weighted by molar-refractivity contribution is 6.29. The highest BCUT2D eigenvalue weighted by Crippen LogP contribution is 2.66. The third kappa shape index (κ3) is 4.67. The van der Waals surface area contributed by atoms with Gasteiger partial charge < -0.3 is 10.6 Å². The largest absolute Gasteiger partial charge is 0.356 e. The first kappa shape index (κ1) is 22.4. The second kappa shape index (κ2) is 8.97. The third-order valence-corrected chi connectivity index (χ3v) is 6.67. The summed E-state index contributed by atoms with van der Waals surface area (Å²) >= 11 is 5.32. The molecule has 4 fully saturated rings. The molecule has 0 spiro atoms. The van der Waals surface area contributed by atoms with Crippen LogP contribution >= 0.6 is 11.6 Å². The van der Waals surface area contributed by atoms with E-state index in [1.165, 1.54) is 18.6 Å². The Labute approximate surface area is 188 Å². The number of hydrazine groups is 1. The number of rotatable bonds is 8. The summed E-state index contributed by atoms with van der Waals surface area (Å²) in [5.41, 5.74) is 0.0242. The minimum Gasteiger partial charge on any atom is -0.356 e. The SMILES string of the molecule is O=C(N[C@@H](CC12CC(C1)C2)C(=O)NN(CC1CCNC1=O)C(=O)C(F)Cl)c1cnccn1. The number of amides is 4. The van der Waals surface area contributed by atoms with Crippen molar-refractivity contribution in [2.75, 3.05) is 13.1 Å². The molecular weight excluding hydrogens is 443 g/mol. The standard InChI is InChI=1S/C20H24ClFN6O4/c21-15(22)19(32)28(10-12-1-2-25-16(12)29)27-18(31)13(8-20-5-11(6-20)7-20)26-17(30)14-9-23-3-4-24-14/h3-4,9,11-13,15H,1-2,5-8,10H2,(H,25,29)(H,26,30)(H,27,31)/t11?,12?,13-,15?,20?/m0/s1. The molecule has 3 aliphatic carbocycles. The Balaban J connectivity index is 1.47. The van der Waals surface area contributed by atoms with Gasteiger partial charge in [0.05, 0.1) is 18.7 Å². The molecule has 32 heavy (non-hydrogen) atoms. The van der Waals surface area contributed by atoms with Crippen molar-refractivity contribution in [2.24, 2.45) is 17.3 Å². The van der Waals surface area contributed by atoms with Gasteiger partial charge in [0, 0.05) is 18.9 Å². The van der Waals surface area contributed by atoms with Gasteiger partial charge in [-0.05, 0) is 43.4 Å². The maximum absolute atomic E-state index is 13.6. The number of aromatic nitrogens is 2. The topological polar surface area (TPSA) is 133 Å². The molecule has 12 heteroatoms. The van der Waals surface area contributed by atoms with Gasteiger partial charge in [-0.25, -0.2) is 14.4 Å². The van der Waals surface area contributed by atoms with Crippen molar-refractivity contribution in [1.82, 2.24) is 31.0 Å². The van der Waals surface area contributed by atoms with Crippen LogP contribution in [0.25, 0.3) is 0 Å².